The van der Waals surface area contributed by atoms with Crippen molar-refractivity contribution in [3.8, 4) is 11.5 Å². The Morgan fingerprint density at radius 2 is 2.00 bits per heavy atom. The summed E-state index contributed by atoms with van der Waals surface area (Å²) < 4.78 is 11.0. The van der Waals surface area contributed by atoms with E-state index in [1.807, 2.05) is 30.3 Å². The van der Waals surface area contributed by atoms with Gasteiger partial charge in [0.25, 0.3) is 0 Å². The first-order valence-electron chi connectivity index (χ1n) is 7.42. The minimum atomic E-state index is -0.188. The van der Waals surface area contributed by atoms with Crippen LogP contribution in [0.25, 0.3) is 22.5 Å². The predicted molar refractivity (Wildman–Crippen MR) is 88.3 cm³/mol. The molecule has 118 valence electrons. The Kier molecular flexibility index (Phi) is 3.55. The summed E-state index contributed by atoms with van der Waals surface area (Å²) >= 11 is 0. The lowest BCUT2D eigenvalue weighted by molar-refractivity contribution is -0.115. The van der Waals surface area contributed by atoms with Crippen LogP contribution >= 0.6 is 0 Å². The minimum Gasteiger partial charge on any atom is -0.453 e. The Labute approximate surface area is 137 Å². The molecule has 24 heavy (non-hydrogen) atoms. The van der Waals surface area contributed by atoms with Crippen LogP contribution in [0.3, 0.4) is 0 Å². The highest BCUT2D eigenvalue weighted by atomic mass is 16.5. The lowest BCUT2D eigenvalue weighted by Crippen LogP contribution is -2.14. The van der Waals surface area contributed by atoms with Crippen LogP contribution in [0.1, 0.15) is 5.69 Å². The predicted octanol–water partition coefficient (Wildman–Crippen LogP) is 3.66. The molecule has 3 aromatic heterocycles. The molecule has 0 spiro atoms. The van der Waals surface area contributed by atoms with Gasteiger partial charge in [-0.25, -0.2) is 0 Å². The lowest BCUT2D eigenvalue weighted by atomic mass is 10.2. The quantitative estimate of drug-likeness (QED) is 0.621. The van der Waals surface area contributed by atoms with Gasteiger partial charge in [0.1, 0.15) is 5.58 Å². The van der Waals surface area contributed by atoms with E-state index in [-0.39, 0.29) is 12.3 Å². The van der Waals surface area contributed by atoms with Gasteiger partial charge in [-0.1, -0.05) is 23.4 Å². The van der Waals surface area contributed by atoms with E-state index in [9.17, 15) is 4.79 Å². The Morgan fingerprint density at radius 3 is 2.83 bits per heavy atom. The molecule has 3 heterocycles. The number of amides is 1. The number of nitrogens with one attached hydrogen (secondary N) is 1. The number of pyridine rings is 1. The zero-order chi connectivity index (χ0) is 16.4. The maximum absolute atomic E-state index is 12.0. The van der Waals surface area contributed by atoms with Crippen molar-refractivity contribution < 1.29 is 13.7 Å². The number of anilines is 1. The van der Waals surface area contributed by atoms with Crippen molar-refractivity contribution in [2.75, 3.05) is 5.32 Å². The second kappa shape index (κ2) is 6.00. The van der Waals surface area contributed by atoms with Crippen molar-refractivity contribution in [1.29, 1.82) is 0 Å². The van der Waals surface area contributed by atoms with Crippen molar-refractivity contribution >= 4 is 22.6 Å². The number of benzene rings is 1. The van der Waals surface area contributed by atoms with Crippen LogP contribution in [0.5, 0.6) is 0 Å². The fourth-order valence-electron chi connectivity index (χ4n) is 2.42. The number of fused-ring (bicyclic) bond motifs is 1. The second-order valence-electron chi connectivity index (χ2n) is 5.30. The molecule has 4 aromatic rings. The third-order valence-electron chi connectivity index (χ3n) is 3.51. The van der Waals surface area contributed by atoms with Crippen molar-refractivity contribution in [3.05, 3.63) is 66.6 Å². The van der Waals surface area contributed by atoms with Crippen LogP contribution in [-0.2, 0) is 11.2 Å². The fraction of sp³-hybridized carbons (Fsp3) is 0.0556. The smallest absolute Gasteiger partial charge is 0.230 e. The highest BCUT2D eigenvalue weighted by Crippen LogP contribution is 2.28. The summed E-state index contributed by atoms with van der Waals surface area (Å²) in [6, 6.07) is 14.8. The Bertz CT molecular complexity index is 956. The van der Waals surface area contributed by atoms with Crippen molar-refractivity contribution in [2.45, 2.75) is 6.42 Å². The number of carbonyl (C=O) groups is 1. The van der Waals surface area contributed by atoms with Gasteiger partial charge in [0.2, 0.25) is 11.7 Å². The third-order valence-corrected chi connectivity index (χ3v) is 3.51. The highest BCUT2D eigenvalue weighted by molar-refractivity contribution is 5.92. The van der Waals surface area contributed by atoms with Gasteiger partial charge >= 0.3 is 0 Å². The SMILES string of the molecule is O=C(Cc1cc(-c2cc3ccccc3o2)on1)Nc1cccnc1. The molecular weight excluding hydrogens is 306 g/mol. The molecule has 1 aromatic carbocycles. The molecule has 0 aliphatic carbocycles. The minimum absolute atomic E-state index is 0.110. The molecule has 0 aliphatic heterocycles. The number of nitrogens with zero attached hydrogens (tertiary/aromatic N) is 2. The number of hydrogen-bond acceptors (Lipinski definition) is 5. The summed E-state index contributed by atoms with van der Waals surface area (Å²) in [6.07, 6.45) is 3.34. The molecule has 0 radical (unpaired) electrons. The molecule has 0 fully saturated rings. The molecule has 4 rings (SSSR count). The molecule has 6 heteroatoms. The van der Waals surface area contributed by atoms with Gasteiger partial charge in [0.05, 0.1) is 24.0 Å². The lowest BCUT2D eigenvalue weighted by Gasteiger charge is -2.01. The zero-order valence-electron chi connectivity index (χ0n) is 12.6. The number of hydrogen-bond donors (Lipinski definition) is 1. The van der Waals surface area contributed by atoms with Crippen molar-refractivity contribution in [1.82, 2.24) is 10.1 Å². The molecule has 1 amide bonds. The van der Waals surface area contributed by atoms with Crippen LogP contribution < -0.4 is 5.32 Å². The molecule has 0 saturated carbocycles. The monoisotopic (exact) mass is 319 g/mol. The van der Waals surface area contributed by atoms with Gasteiger partial charge in [-0.05, 0) is 24.3 Å². The molecule has 0 aliphatic rings. The Balaban J connectivity index is 1.49. The van der Waals surface area contributed by atoms with E-state index in [1.165, 1.54) is 0 Å². The van der Waals surface area contributed by atoms with Gasteiger partial charge in [-0.2, -0.15) is 0 Å². The molecule has 0 saturated heterocycles. The topological polar surface area (TPSA) is 81.2 Å². The Hall–Kier alpha value is -3.41. The van der Waals surface area contributed by atoms with E-state index in [0.717, 1.165) is 11.0 Å². The van der Waals surface area contributed by atoms with Crippen LogP contribution in [0.15, 0.2) is 69.9 Å². The average Bonchev–Trinajstić information content (AvgIpc) is 3.22. The molecule has 0 unspecified atom stereocenters. The van der Waals surface area contributed by atoms with Gasteiger partial charge in [0.15, 0.2) is 5.76 Å². The summed E-state index contributed by atoms with van der Waals surface area (Å²) in [7, 11) is 0. The van der Waals surface area contributed by atoms with Gasteiger partial charge in [-0.15, -0.1) is 0 Å². The zero-order valence-corrected chi connectivity index (χ0v) is 12.6. The van der Waals surface area contributed by atoms with Gasteiger partial charge in [0, 0.05) is 17.6 Å². The number of carbonyl (C=O) groups excluding carboxylic acids is 1. The normalized spacial score (nSPS) is 10.8. The number of aromatic nitrogens is 2. The first-order valence-corrected chi connectivity index (χ1v) is 7.42. The van der Waals surface area contributed by atoms with E-state index in [1.54, 1.807) is 30.6 Å². The third kappa shape index (κ3) is 2.89. The highest BCUT2D eigenvalue weighted by Gasteiger charge is 2.14. The maximum Gasteiger partial charge on any atom is 0.230 e. The number of furan rings is 1. The summed E-state index contributed by atoms with van der Waals surface area (Å²) in [5.74, 6) is 0.894. The fourth-order valence-corrected chi connectivity index (χ4v) is 2.42. The van der Waals surface area contributed by atoms with Crippen LogP contribution in [-0.4, -0.2) is 16.0 Å². The van der Waals surface area contributed by atoms with E-state index >= 15 is 0 Å². The molecular formula is C18H13N3O3. The summed E-state index contributed by atoms with van der Waals surface area (Å²) in [4.78, 5) is 16.0. The van der Waals surface area contributed by atoms with Crippen LogP contribution in [0.4, 0.5) is 5.69 Å². The summed E-state index contributed by atoms with van der Waals surface area (Å²) in [5, 5.41) is 7.67. The maximum atomic E-state index is 12.0. The summed E-state index contributed by atoms with van der Waals surface area (Å²) in [6.45, 7) is 0. The first-order chi connectivity index (χ1) is 11.8. The first kappa shape index (κ1) is 14.2. The standard InChI is InChI=1S/C18H13N3O3/c22-18(20-13-5-3-7-19-11-13)10-14-9-17(24-21-14)16-8-12-4-1-2-6-15(12)23-16/h1-9,11H,10H2,(H,20,22). The van der Waals surface area contributed by atoms with E-state index in [4.69, 9.17) is 8.94 Å². The van der Waals surface area contributed by atoms with E-state index < -0.39 is 0 Å². The van der Waals surface area contributed by atoms with E-state index in [0.29, 0.717) is 22.9 Å². The second-order valence-corrected chi connectivity index (χ2v) is 5.30. The van der Waals surface area contributed by atoms with Gasteiger partial charge < -0.3 is 14.3 Å². The van der Waals surface area contributed by atoms with Gasteiger partial charge in [-0.3, -0.25) is 9.78 Å². The number of para-hydroxylation sites is 1. The molecule has 0 atom stereocenters. The van der Waals surface area contributed by atoms with Crippen LogP contribution in [0, 0.1) is 0 Å². The van der Waals surface area contributed by atoms with Crippen molar-refractivity contribution in [2.24, 2.45) is 0 Å². The number of rotatable bonds is 4. The largest absolute Gasteiger partial charge is 0.453 e. The van der Waals surface area contributed by atoms with Crippen LogP contribution in [0.2, 0.25) is 0 Å². The summed E-state index contributed by atoms with van der Waals surface area (Å²) in [5.41, 5.74) is 1.95. The Morgan fingerprint density at radius 1 is 1.08 bits per heavy atom. The molecule has 6 nitrogen and oxygen atoms in total. The molecule has 1 N–H and O–H groups in total. The van der Waals surface area contributed by atoms with Crippen molar-refractivity contribution in [3.63, 3.8) is 0 Å². The average molecular weight is 319 g/mol. The van der Waals surface area contributed by atoms with E-state index in [2.05, 4.69) is 15.5 Å². The molecule has 0 bridgehead atoms.